The van der Waals surface area contributed by atoms with Crippen molar-refractivity contribution < 1.29 is 0 Å². The van der Waals surface area contributed by atoms with E-state index in [2.05, 4.69) is 301 Å². The zero-order valence-corrected chi connectivity index (χ0v) is 39.6. The summed E-state index contributed by atoms with van der Waals surface area (Å²) in [6.45, 7) is 0. The molecule has 13 rings (SSSR count). The first kappa shape index (κ1) is 42.6. The van der Waals surface area contributed by atoms with Gasteiger partial charge in [-0.2, -0.15) is 0 Å². The van der Waals surface area contributed by atoms with E-state index in [0.29, 0.717) is 0 Å². The molecule has 0 aliphatic carbocycles. The third kappa shape index (κ3) is 7.92. The first-order valence-corrected chi connectivity index (χ1v) is 24.7. The molecule has 0 saturated heterocycles. The monoisotopic (exact) mass is 916 g/mol. The van der Waals surface area contributed by atoms with Gasteiger partial charge in [-0.1, -0.05) is 218 Å². The second-order valence-electron chi connectivity index (χ2n) is 18.5. The lowest BCUT2D eigenvalue weighted by molar-refractivity contribution is 1.18. The van der Waals surface area contributed by atoms with E-state index in [9.17, 15) is 0 Å². The van der Waals surface area contributed by atoms with E-state index in [0.717, 1.165) is 44.9 Å². The molecule has 0 fully saturated rings. The average Bonchev–Trinajstić information content (AvgIpc) is 3.79. The Balaban J connectivity index is 0.968. The molecule has 0 N–H and O–H groups in total. The van der Waals surface area contributed by atoms with Crippen LogP contribution in [-0.2, 0) is 0 Å². The molecule has 0 aliphatic rings. The molecule has 12 aromatic carbocycles. The summed E-state index contributed by atoms with van der Waals surface area (Å²) in [4.78, 5) is 2.42. The number of aromatic nitrogens is 1. The van der Waals surface area contributed by atoms with Gasteiger partial charge in [0, 0.05) is 33.3 Å². The fourth-order valence-corrected chi connectivity index (χ4v) is 10.6. The van der Waals surface area contributed by atoms with Gasteiger partial charge in [-0.25, -0.2) is 0 Å². The van der Waals surface area contributed by atoms with Crippen molar-refractivity contribution in [2.45, 2.75) is 0 Å². The lowest BCUT2D eigenvalue weighted by Gasteiger charge is -2.29. The summed E-state index contributed by atoms with van der Waals surface area (Å²) in [5.41, 5.74) is 20.9. The topological polar surface area (TPSA) is 8.17 Å². The largest absolute Gasteiger partial charge is 0.310 e. The molecule has 2 heteroatoms. The predicted octanol–water partition coefficient (Wildman–Crippen LogP) is 19.4. The van der Waals surface area contributed by atoms with Crippen molar-refractivity contribution in [3.05, 3.63) is 291 Å². The quantitative estimate of drug-likeness (QED) is 0.133. The molecule has 1 aromatic heterocycles. The van der Waals surface area contributed by atoms with Crippen LogP contribution in [0.3, 0.4) is 0 Å². The van der Waals surface area contributed by atoms with E-state index in [-0.39, 0.29) is 0 Å². The SMILES string of the molecule is c1ccc(-c2cccc(-c3ccc(N(c4ccc(-c5ccc6ccccc6c5)cc4)c4ccccc4-c4ccccc4-n4c5ccc(-c6ccccc6)cc5c5cc(-c6ccccc6)ccc54)cc3)c2)cc1. The number of para-hydroxylation sites is 2. The lowest BCUT2D eigenvalue weighted by Crippen LogP contribution is -2.11. The molecule has 1 heterocycles. The second kappa shape index (κ2) is 18.4. The zero-order valence-electron chi connectivity index (χ0n) is 39.6. The van der Waals surface area contributed by atoms with Crippen LogP contribution in [0.4, 0.5) is 17.1 Å². The molecule has 0 spiro atoms. The van der Waals surface area contributed by atoms with Crippen LogP contribution in [0.15, 0.2) is 291 Å². The van der Waals surface area contributed by atoms with Gasteiger partial charge >= 0.3 is 0 Å². The smallest absolute Gasteiger partial charge is 0.0541 e. The number of hydrogen-bond acceptors (Lipinski definition) is 1. The Morgan fingerprint density at radius 2 is 0.625 bits per heavy atom. The Labute approximate surface area is 420 Å². The Hall–Kier alpha value is -9.50. The van der Waals surface area contributed by atoms with E-state index in [1.165, 1.54) is 77.2 Å². The van der Waals surface area contributed by atoms with Crippen LogP contribution < -0.4 is 4.90 Å². The number of benzene rings is 12. The predicted molar refractivity (Wildman–Crippen MR) is 306 cm³/mol. The van der Waals surface area contributed by atoms with Crippen molar-refractivity contribution in [2.24, 2.45) is 0 Å². The van der Waals surface area contributed by atoms with Crippen molar-refractivity contribution in [1.29, 1.82) is 0 Å². The van der Waals surface area contributed by atoms with Gasteiger partial charge in [-0.05, 0) is 139 Å². The Morgan fingerprint density at radius 1 is 0.236 bits per heavy atom. The molecule has 0 aliphatic heterocycles. The van der Waals surface area contributed by atoms with Crippen LogP contribution in [-0.4, -0.2) is 4.57 Å². The maximum Gasteiger partial charge on any atom is 0.0541 e. The van der Waals surface area contributed by atoms with Gasteiger partial charge in [0.05, 0.1) is 22.4 Å². The maximum absolute atomic E-state index is 2.47. The van der Waals surface area contributed by atoms with Gasteiger partial charge in [-0.15, -0.1) is 0 Å². The minimum Gasteiger partial charge on any atom is -0.310 e. The summed E-state index contributed by atoms with van der Waals surface area (Å²) in [5.74, 6) is 0. The molecular formula is C70H48N2. The van der Waals surface area contributed by atoms with Crippen molar-refractivity contribution in [3.8, 4) is 72.4 Å². The van der Waals surface area contributed by atoms with Gasteiger partial charge in [0.15, 0.2) is 0 Å². The van der Waals surface area contributed by atoms with E-state index in [4.69, 9.17) is 0 Å². The van der Waals surface area contributed by atoms with Gasteiger partial charge in [0.25, 0.3) is 0 Å². The molecule has 338 valence electrons. The molecule has 0 radical (unpaired) electrons. The highest BCUT2D eigenvalue weighted by Crippen LogP contribution is 2.45. The summed E-state index contributed by atoms with van der Waals surface area (Å²) in [6.07, 6.45) is 0. The first-order chi connectivity index (χ1) is 35.7. The summed E-state index contributed by atoms with van der Waals surface area (Å²) in [7, 11) is 0. The average molecular weight is 917 g/mol. The number of nitrogens with zero attached hydrogens (tertiary/aromatic N) is 2. The Kier molecular flexibility index (Phi) is 10.9. The summed E-state index contributed by atoms with van der Waals surface area (Å²) in [6, 6.07) is 106. The van der Waals surface area contributed by atoms with Crippen molar-refractivity contribution in [2.75, 3.05) is 4.90 Å². The van der Waals surface area contributed by atoms with Crippen molar-refractivity contribution >= 4 is 49.6 Å². The minimum absolute atomic E-state index is 1.07. The summed E-state index contributed by atoms with van der Waals surface area (Å²) < 4.78 is 2.47. The number of anilines is 3. The maximum atomic E-state index is 2.47. The van der Waals surface area contributed by atoms with Gasteiger partial charge in [0.2, 0.25) is 0 Å². The molecule has 2 nitrogen and oxygen atoms in total. The molecule has 0 unspecified atom stereocenters. The normalized spacial score (nSPS) is 11.3. The molecule has 0 atom stereocenters. The highest BCUT2D eigenvalue weighted by Gasteiger charge is 2.22. The van der Waals surface area contributed by atoms with Crippen molar-refractivity contribution in [1.82, 2.24) is 4.57 Å². The Bertz CT molecular complexity index is 3960. The summed E-state index contributed by atoms with van der Waals surface area (Å²) >= 11 is 0. The van der Waals surface area contributed by atoms with Gasteiger partial charge in [-0.3, -0.25) is 0 Å². The third-order valence-corrected chi connectivity index (χ3v) is 14.2. The molecule has 13 aromatic rings. The fraction of sp³-hybridized carbons (Fsp3) is 0. The standard InChI is InChI=1S/C70H48N2/c1-4-17-49(18-5-1)56-25-16-26-57(45-56)53-33-39-61(40-34-53)71(62-41-35-54(36-42-62)58-32-31-52-23-10-11-24-55(52)46-58)67-29-14-12-27-63(67)64-28-13-15-30-68(64)72-69-43-37-59(50-19-6-2-7-20-50)47-65(69)66-48-60(38-44-70(66)72)51-21-8-3-9-22-51/h1-48H. The third-order valence-electron chi connectivity index (χ3n) is 14.2. The van der Waals surface area contributed by atoms with E-state index in [1.54, 1.807) is 0 Å². The number of hydrogen-bond donors (Lipinski definition) is 0. The van der Waals surface area contributed by atoms with Crippen LogP contribution >= 0.6 is 0 Å². The van der Waals surface area contributed by atoms with Crippen LogP contribution in [0.2, 0.25) is 0 Å². The molecular weight excluding hydrogens is 869 g/mol. The minimum atomic E-state index is 1.07. The highest BCUT2D eigenvalue weighted by molar-refractivity contribution is 6.12. The number of fused-ring (bicyclic) bond motifs is 4. The molecule has 0 amide bonds. The Morgan fingerprint density at radius 3 is 1.18 bits per heavy atom. The lowest BCUT2D eigenvalue weighted by atomic mass is 9.97. The van der Waals surface area contributed by atoms with Crippen LogP contribution in [0, 0.1) is 0 Å². The zero-order chi connectivity index (χ0) is 47.8. The van der Waals surface area contributed by atoms with Crippen molar-refractivity contribution in [3.63, 3.8) is 0 Å². The molecule has 0 saturated carbocycles. The second-order valence-corrected chi connectivity index (χ2v) is 18.5. The van der Waals surface area contributed by atoms with Gasteiger partial charge < -0.3 is 9.47 Å². The van der Waals surface area contributed by atoms with Crippen LogP contribution in [0.25, 0.3) is 105 Å². The molecule has 0 bridgehead atoms. The van der Waals surface area contributed by atoms with Gasteiger partial charge in [0.1, 0.15) is 0 Å². The van der Waals surface area contributed by atoms with E-state index in [1.807, 2.05) is 0 Å². The van der Waals surface area contributed by atoms with E-state index < -0.39 is 0 Å². The van der Waals surface area contributed by atoms with E-state index >= 15 is 0 Å². The summed E-state index contributed by atoms with van der Waals surface area (Å²) in [5, 5.41) is 4.91. The fourth-order valence-electron chi connectivity index (χ4n) is 10.6. The highest BCUT2D eigenvalue weighted by atomic mass is 15.1. The molecule has 72 heavy (non-hydrogen) atoms. The van der Waals surface area contributed by atoms with Crippen LogP contribution in [0.5, 0.6) is 0 Å². The van der Waals surface area contributed by atoms with Crippen LogP contribution in [0.1, 0.15) is 0 Å². The number of rotatable bonds is 10. The first-order valence-electron chi connectivity index (χ1n) is 24.7.